The first kappa shape index (κ1) is 17.2. The summed E-state index contributed by atoms with van der Waals surface area (Å²) in [5.41, 5.74) is 2.74. The molecular weight excluding hydrogens is 218 g/mol. The van der Waals surface area contributed by atoms with Crippen molar-refractivity contribution >= 4 is 0 Å². The van der Waals surface area contributed by atoms with Crippen LogP contribution in [0.4, 0.5) is 0 Å². The first-order chi connectivity index (χ1) is 8.40. The Morgan fingerprint density at radius 3 is 1.89 bits per heavy atom. The van der Waals surface area contributed by atoms with E-state index in [9.17, 15) is 0 Å². The van der Waals surface area contributed by atoms with Crippen molar-refractivity contribution in [1.82, 2.24) is 0 Å². The third-order valence-electron chi connectivity index (χ3n) is 2.82. The molecule has 0 radical (unpaired) electrons. The van der Waals surface area contributed by atoms with Gasteiger partial charge in [-0.2, -0.15) is 0 Å². The Morgan fingerprint density at radius 1 is 1.00 bits per heavy atom. The SMILES string of the molecule is CCCCCC.[CH2-][N+](C)(C)Cc1ccccc1C. The Kier molecular flexibility index (Phi) is 8.74. The highest BCUT2D eigenvalue weighted by atomic mass is 15.3. The maximum absolute atomic E-state index is 4.04. The number of aryl methyl sites for hydroxylation is 1. The van der Waals surface area contributed by atoms with Gasteiger partial charge >= 0.3 is 0 Å². The lowest BCUT2D eigenvalue weighted by molar-refractivity contribution is -0.859. The topological polar surface area (TPSA) is 0 Å². The van der Waals surface area contributed by atoms with Gasteiger partial charge in [-0.25, -0.2) is 0 Å². The standard InChI is InChI=1S/C11H17N.C6H14/c1-10-7-5-6-8-11(10)9-12(2,3)4;1-3-5-6-4-2/h5-8H,2,9H2,1,3-4H3;3-6H2,1-2H3. The van der Waals surface area contributed by atoms with Gasteiger partial charge in [0.05, 0.1) is 6.54 Å². The Bertz CT molecular complexity index is 306. The summed E-state index contributed by atoms with van der Waals surface area (Å²) in [5, 5.41) is 0. The number of unbranched alkanes of at least 4 members (excludes halogenated alkanes) is 3. The molecule has 1 nitrogen and oxygen atoms in total. The van der Waals surface area contributed by atoms with Crippen molar-refractivity contribution in [1.29, 1.82) is 0 Å². The quantitative estimate of drug-likeness (QED) is 0.393. The fourth-order valence-corrected chi connectivity index (χ4v) is 1.75. The Hall–Kier alpha value is -0.820. The molecule has 0 N–H and O–H groups in total. The van der Waals surface area contributed by atoms with Crippen LogP contribution in [0.3, 0.4) is 0 Å². The fraction of sp³-hybridized carbons (Fsp3) is 0.588. The minimum Gasteiger partial charge on any atom is -0.458 e. The van der Waals surface area contributed by atoms with E-state index in [1.165, 1.54) is 36.8 Å². The van der Waals surface area contributed by atoms with Crippen LogP contribution in [0.25, 0.3) is 0 Å². The molecule has 1 aromatic carbocycles. The summed E-state index contributed by atoms with van der Waals surface area (Å²) in [6.07, 6.45) is 5.54. The van der Waals surface area contributed by atoms with Gasteiger partial charge in [0.1, 0.15) is 0 Å². The second-order valence-corrected chi connectivity index (χ2v) is 5.73. The zero-order valence-electron chi connectivity index (χ0n) is 13.0. The second-order valence-electron chi connectivity index (χ2n) is 5.73. The summed E-state index contributed by atoms with van der Waals surface area (Å²) in [6, 6.07) is 8.46. The van der Waals surface area contributed by atoms with Crippen LogP contribution in [0.1, 0.15) is 50.7 Å². The maximum Gasteiger partial charge on any atom is 0.0801 e. The molecule has 18 heavy (non-hydrogen) atoms. The van der Waals surface area contributed by atoms with Gasteiger partial charge in [0.2, 0.25) is 0 Å². The predicted molar refractivity (Wildman–Crippen MR) is 82.2 cm³/mol. The summed E-state index contributed by atoms with van der Waals surface area (Å²) >= 11 is 0. The van der Waals surface area contributed by atoms with Crippen LogP contribution in [-0.2, 0) is 6.54 Å². The van der Waals surface area contributed by atoms with Crippen molar-refractivity contribution in [2.45, 2.75) is 53.0 Å². The smallest absolute Gasteiger partial charge is 0.0801 e. The van der Waals surface area contributed by atoms with Crippen molar-refractivity contribution in [2.24, 2.45) is 0 Å². The summed E-state index contributed by atoms with van der Waals surface area (Å²) in [7, 11) is 8.25. The molecule has 0 aliphatic carbocycles. The van der Waals surface area contributed by atoms with Crippen LogP contribution < -0.4 is 0 Å². The normalized spacial score (nSPS) is 10.8. The van der Waals surface area contributed by atoms with E-state index in [4.69, 9.17) is 0 Å². The maximum atomic E-state index is 4.04. The average molecular weight is 249 g/mol. The van der Waals surface area contributed by atoms with Gasteiger partial charge in [-0.3, -0.25) is 0 Å². The second kappa shape index (κ2) is 9.16. The van der Waals surface area contributed by atoms with Crippen molar-refractivity contribution in [2.75, 3.05) is 14.1 Å². The lowest BCUT2D eigenvalue weighted by Crippen LogP contribution is -2.30. The molecule has 0 fully saturated rings. The van der Waals surface area contributed by atoms with E-state index in [0.717, 1.165) is 11.0 Å². The van der Waals surface area contributed by atoms with Gasteiger partial charge in [-0.15, -0.1) is 7.05 Å². The number of quaternary nitrogens is 1. The van der Waals surface area contributed by atoms with E-state index in [1.807, 2.05) is 0 Å². The zero-order valence-corrected chi connectivity index (χ0v) is 13.0. The number of hydrogen-bond donors (Lipinski definition) is 0. The molecule has 0 aromatic heterocycles. The number of benzene rings is 1. The largest absolute Gasteiger partial charge is 0.458 e. The third-order valence-corrected chi connectivity index (χ3v) is 2.82. The zero-order chi connectivity index (χ0) is 14.0. The molecule has 0 spiro atoms. The highest BCUT2D eigenvalue weighted by molar-refractivity contribution is 5.24. The van der Waals surface area contributed by atoms with E-state index in [2.05, 4.69) is 66.2 Å². The molecule has 0 atom stereocenters. The molecule has 0 heterocycles. The number of hydrogen-bond acceptors (Lipinski definition) is 0. The molecule has 0 saturated carbocycles. The van der Waals surface area contributed by atoms with Crippen LogP contribution in [0.2, 0.25) is 0 Å². The first-order valence-electron chi connectivity index (χ1n) is 7.12. The summed E-state index contributed by atoms with van der Waals surface area (Å²) in [4.78, 5) is 0. The van der Waals surface area contributed by atoms with Crippen LogP contribution in [0.5, 0.6) is 0 Å². The van der Waals surface area contributed by atoms with Crippen molar-refractivity contribution in [3.05, 3.63) is 42.4 Å². The van der Waals surface area contributed by atoms with Crippen molar-refractivity contribution in [3.8, 4) is 0 Å². The van der Waals surface area contributed by atoms with Crippen LogP contribution in [-0.4, -0.2) is 18.6 Å². The van der Waals surface area contributed by atoms with Crippen LogP contribution in [0, 0.1) is 14.0 Å². The van der Waals surface area contributed by atoms with Gasteiger partial charge in [0.25, 0.3) is 0 Å². The van der Waals surface area contributed by atoms with Crippen molar-refractivity contribution in [3.63, 3.8) is 0 Å². The molecule has 104 valence electrons. The lowest BCUT2D eigenvalue weighted by Gasteiger charge is -2.33. The van der Waals surface area contributed by atoms with E-state index in [-0.39, 0.29) is 0 Å². The molecule has 1 aromatic rings. The number of rotatable bonds is 5. The third kappa shape index (κ3) is 9.23. The average Bonchev–Trinajstić information content (AvgIpc) is 2.29. The Morgan fingerprint density at radius 2 is 1.50 bits per heavy atom. The predicted octanol–water partition coefficient (Wildman–Crippen LogP) is 4.95. The molecule has 0 saturated heterocycles. The van der Waals surface area contributed by atoms with E-state index < -0.39 is 0 Å². The molecule has 1 heteroatoms. The van der Waals surface area contributed by atoms with Crippen LogP contribution in [0.15, 0.2) is 24.3 Å². The molecule has 0 bridgehead atoms. The van der Waals surface area contributed by atoms with Crippen molar-refractivity contribution < 1.29 is 4.48 Å². The molecule has 1 rings (SSSR count). The summed E-state index contributed by atoms with van der Waals surface area (Å²) in [6.45, 7) is 7.60. The van der Waals surface area contributed by atoms with E-state index >= 15 is 0 Å². The van der Waals surface area contributed by atoms with Gasteiger partial charge in [0.15, 0.2) is 0 Å². The molecule has 0 aliphatic heterocycles. The summed E-state index contributed by atoms with van der Waals surface area (Å²) in [5.74, 6) is 0. The van der Waals surface area contributed by atoms with Crippen LogP contribution >= 0.6 is 0 Å². The van der Waals surface area contributed by atoms with Gasteiger partial charge < -0.3 is 4.48 Å². The number of nitrogens with zero attached hydrogens (tertiary/aromatic N) is 1. The molecular formula is C17H31N. The summed E-state index contributed by atoms with van der Waals surface area (Å²) < 4.78 is 0.741. The first-order valence-corrected chi connectivity index (χ1v) is 7.12. The Balaban J connectivity index is 0.000000411. The Labute approximate surface area is 114 Å². The van der Waals surface area contributed by atoms with E-state index in [1.54, 1.807) is 0 Å². The minimum absolute atomic E-state index is 0.741. The molecule has 0 amide bonds. The lowest BCUT2D eigenvalue weighted by atomic mass is 10.1. The van der Waals surface area contributed by atoms with Gasteiger partial charge in [-0.05, 0) is 12.5 Å². The van der Waals surface area contributed by atoms with E-state index in [0.29, 0.717) is 0 Å². The highest BCUT2D eigenvalue weighted by Crippen LogP contribution is 2.11. The molecule has 0 unspecified atom stereocenters. The van der Waals surface area contributed by atoms with Gasteiger partial charge in [0, 0.05) is 19.7 Å². The monoisotopic (exact) mass is 249 g/mol. The highest BCUT2D eigenvalue weighted by Gasteiger charge is 2.04. The minimum atomic E-state index is 0.741. The molecule has 0 aliphatic rings. The van der Waals surface area contributed by atoms with Gasteiger partial charge in [-0.1, -0.05) is 63.8 Å². The fourth-order valence-electron chi connectivity index (χ4n) is 1.75.